The second-order valence-corrected chi connectivity index (χ2v) is 6.53. The summed E-state index contributed by atoms with van der Waals surface area (Å²) < 4.78 is 5.52. The van der Waals surface area contributed by atoms with Crippen molar-refractivity contribution in [1.29, 1.82) is 0 Å². The molecule has 128 valence electrons. The fourth-order valence-electron chi connectivity index (χ4n) is 4.15. The lowest BCUT2D eigenvalue weighted by molar-refractivity contribution is -0.384. The molecular formula is C16H21N5O3. The van der Waals surface area contributed by atoms with Gasteiger partial charge in [-0.15, -0.1) is 0 Å². The summed E-state index contributed by atoms with van der Waals surface area (Å²) >= 11 is 0. The molecule has 1 saturated carbocycles. The summed E-state index contributed by atoms with van der Waals surface area (Å²) in [5, 5.41) is 21.9. The third-order valence-electron chi connectivity index (χ3n) is 5.32. The molecule has 0 bridgehead atoms. The monoisotopic (exact) mass is 331 g/mol. The summed E-state index contributed by atoms with van der Waals surface area (Å²) in [5.74, 6) is 0. The number of ether oxygens (including phenoxy) is 1. The van der Waals surface area contributed by atoms with E-state index in [4.69, 9.17) is 4.74 Å². The van der Waals surface area contributed by atoms with Crippen LogP contribution in [0.3, 0.4) is 0 Å². The highest BCUT2D eigenvalue weighted by Crippen LogP contribution is 2.45. The van der Waals surface area contributed by atoms with Crippen LogP contribution in [-0.4, -0.2) is 47.8 Å². The quantitative estimate of drug-likeness (QED) is 0.628. The van der Waals surface area contributed by atoms with E-state index < -0.39 is 0 Å². The van der Waals surface area contributed by atoms with Crippen molar-refractivity contribution in [2.75, 3.05) is 31.3 Å². The van der Waals surface area contributed by atoms with Gasteiger partial charge in [0.25, 0.3) is 5.69 Å². The minimum Gasteiger partial charge on any atom is -0.379 e. The van der Waals surface area contributed by atoms with Gasteiger partial charge in [0.05, 0.1) is 23.8 Å². The summed E-state index contributed by atoms with van der Waals surface area (Å²) in [5.41, 5.74) is 0.703. The summed E-state index contributed by atoms with van der Waals surface area (Å²) in [6.07, 6.45) is 4.35. The minimum absolute atomic E-state index is 0.0931. The number of fused-ring (bicyclic) bond motifs is 1. The normalized spacial score (nSPS) is 30.3. The number of morpholine rings is 1. The number of rotatable bonds is 3. The van der Waals surface area contributed by atoms with E-state index in [0.717, 1.165) is 51.3 Å². The highest BCUT2D eigenvalue weighted by molar-refractivity contribution is 5.53. The standard InChI is InChI=1S/C16H21N5O3/c22-21(23)14-6-4-13(5-7-14)20-16(19-9-11-24-12-10-19)8-2-1-3-15(16)17-18-20/h4-7,15H,1-3,8-12H2/t15-,16-/m0/s1. The first-order valence-electron chi connectivity index (χ1n) is 8.50. The van der Waals surface area contributed by atoms with Gasteiger partial charge in [-0.1, -0.05) is 11.6 Å². The van der Waals surface area contributed by atoms with Crippen molar-refractivity contribution < 1.29 is 9.66 Å². The molecule has 3 aliphatic rings. The predicted octanol–water partition coefficient (Wildman–Crippen LogP) is 2.75. The van der Waals surface area contributed by atoms with E-state index in [9.17, 15) is 10.1 Å². The molecular weight excluding hydrogens is 310 g/mol. The van der Waals surface area contributed by atoms with Crippen molar-refractivity contribution >= 4 is 11.4 Å². The Labute approximate surface area is 140 Å². The number of hydrogen-bond acceptors (Lipinski definition) is 7. The van der Waals surface area contributed by atoms with Crippen molar-refractivity contribution in [3.8, 4) is 0 Å². The maximum absolute atomic E-state index is 10.9. The zero-order chi connectivity index (χ0) is 16.6. The van der Waals surface area contributed by atoms with Gasteiger partial charge >= 0.3 is 0 Å². The Kier molecular flexibility index (Phi) is 3.93. The van der Waals surface area contributed by atoms with Crippen LogP contribution in [-0.2, 0) is 4.74 Å². The third kappa shape index (κ3) is 2.37. The molecule has 2 fully saturated rings. The number of nitro groups is 1. The lowest BCUT2D eigenvalue weighted by Crippen LogP contribution is -2.66. The van der Waals surface area contributed by atoms with Crippen molar-refractivity contribution in [3.05, 3.63) is 34.4 Å². The molecule has 8 nitrogen and oxygen atoms in total. The van der Waals surface area contributed by atoms with E-state index >= 15 is 0 Å². The van der Waals surface area contributed by atoms with Crippen LogP contribution in [0.4, 0.5) is 11.4 Å². The number of non-ortho nitro benzene ring substituents is 1. The molecule has 1 aliphatic carbocycles. The second-order valence-electron chi connectivity index (χ2n) is 6.53. The van der Waals surface area contributed by atoms with Crippen molar-refractivity contribution in [2.45, 2.75) is 37.4 Å². The smallest absolute Gasteiger partial charge is 0.269 e. The molecule has 0 radical (unpaired) electrons. The van der Waals surface area contributed by atoms with Crippen LogP contribution in [0.1, 0.15) is 25.7 Å². The average Bonchev–Trinajstić information content (AvgIpc) is 3.03. The second kappa shape index (κ2) is 6.10. The third-order valence-corrected chi connectivity index (χ3v) is 5.32. The van der Waals surface area contributed by atoms with E-state index in [0.29, 0.717) is 0 Å². The maximum Gasteiger partial charge on any atom is 0.269 e. The number of anilines is 1. The van der Waals surface area contributed by atoms with Gasteiger partial charge in [0.15, 0.2) is 0 Å². The molecule has 2 aliphatic heterocycles. The van der Waals surface area contributed by atoms with Crippen LogP contribution in [0, 0.1) is 10.1 Å². The molecule has 2 heterocycles. The highest BCUT2D eigenvalue weighted by atomic mass is 16.6. The van der Waals surface area contributed by atoms with Gasteiger partial charge in [-0.2, -0.15) is 5.11 Å². The van der Waals surface area contributed by atoms with Gasteiger partial charge in [-0.05, 0) is 31.4 Å². The largest absolute Gasteiger partial charge is 0.379 e. The van der Waals surface area contributed by atoms with Gasteiger partial charge in [0.2, 0.25) is 0 Å². The summed E-state index contributed by atoms with van der Waals surface area (Å²) in [4.78, 5) is 13.0. The number of hydrogen-bond donors (Lipinski definition) is 0. The molecule has 1 saturated heterocycles. The average molecular weight is 331 g/mol. The summed E-state index contributed by atoms with van der Waals surface area (Å²) in [6.45, 7) is 3.18. The van der Waals surface area contributed by atoms with Crippen molar-refractivity contribution in [1.82, 2.24) is 4.90 Å². The molecule has 1 aromatic rings. The van der Waals surface area contributed by atoms with E-state index in [1.807, 2.05) is 5.01 Å². The Morgan fingerprint density at radius 2 is 1.96 bits per heavy atom. The molecule has 2 atom stereocenters. The van der Waals surface area contributed by atoms with E-state index in [1.165, 1.54) is 18.6 Å². The Morgan fingerprint density at radius 1 is 1.21 bits per heavy atom. The topological polar surface area (TPSA) is 83.6 Å². The zero-order valence-electron chi connectivity index (χ0n) is 13.5. The Hall–Kier alpha value is -2.06. The SMILES string of the molecule is O=[N+]([O-])c1ccc(N2N=N[C@H]3CCCC[C@@]32N2CCOCC2)cc1. The lowest BCUT2D eigenvalue weighted by Gasteiger charge is -2.51. The Bertz CT molecular complexity index is 644. The fraction of sp³-hybridized carbons (Fsp3) is 0.625. The molecule has 1 aromatic carbocycles. The van der Waals surface area contributed by atoms with Gasteiger partial charge in [0.1, 0.15) is 11.7 Å². The van der Waals surface area contributed by atoms with Crippen LogP contribution < -0.4 is 5.01 Å². The lowest BCUT2D eigenvalue weighted by atomic mass is 9.82. The maximum atomic E-state index is 10.9. The molecule has 4 rings (SSSR count). The van der Waals surface area contributed by atoms with E-state index in [2.05, 4.69) is 15.2 Å². The van der Waals surface area contributed by atoms with Gasteiger partial charge in [-0.25, -0.2) is 5.01 Å². The zero-order valence-corrected chi connectivity index (χ0v) is 13.5. The van der Waals surface area contributed by atoms with Crippen LogP contribution in [0.2, 0.25) is 0 Å². The molecule has 0 amide bonds. The summed E-state index contributed by atoms with van der Waals surface area (Å²) in [7, 11) is 0. The number of nitrogens with zero attached hydrogens (tertiary/aromatic N) is 5. The van der Waals surface area contributed by atoms with Gasteiger partial charge in [0, 0.05) is 25.2 Å². The van der Waals surface area contributed by atoms with E-state index in [1.54, 1.807) is 12.1 Å². The molecule has 0 aromatic heterocycles. The Morgan fingerprint density at radius 3 is 2.67 bits per heavy atom. The molecule has 8 heteroatoms. The van der Waals surface area contributed by atoms with Gasteiger partial charge < -0.3 is 4.74 Å². The predicted molar refractivity (Wildman–Crippen MR) is 87.8 cm³/mol. The molecule has 0 N–H and O–H groups in total. The number of benzene rings is 1. The van der Waals surface area contributed by atoms with Crippen LogP contribution in [0.25, 0.3) is 0 Å². The first-order chi connectivity index (χ1) is 11.7. The molecule has 0 unspecified atom stereocenters. The highest BCUT2D eigenvalue weighted by Gasteiger charge is 2.54. The van der Waals surface area contributed by atoms with E-state index in [-0.39, 0.29) is 22.3 Å². The van der Waals surface area contributed by atoms with Crippen LogP contribution >= 0.6 is 0 Å². The van der Waals surface area contributed by atoms with Gasteiger partial charge in [-0.3, -0.25) is 15.0 Å². The first kappa shape index (κ1) is 15.5. The fourth-order valence-corrected chi connectivity index (χ4v) is 4.15. The van der Waals surface area contributed by atoms with Crippen molar-refractivity contribution in [2.24, 2.45) is 10.3 Å². The van der Waals surface area contributed by atoms with Crippen LogP contribution in [0.5, 0.6) is 0 Å². The minimum atomic E-state index is -0.379. The summed E-state index contributed by atoms with van der Waals surface area (Å²) in [6, 6.07) is 6.77. The molecule has 24 heavy (non-hydrogen) atoms. The Balaban J connectivity index is 1.69. The van der Waals surface area contributed by atoms with Crippen molar-refractivity contribution in [3.63, 3.8) is 0 Å². The number of nitro benzene ring substituents is 1. The first-order valence-corrected chi connectivity index (χ1v) is 8.50. The molecule has 0 spiro atoms. The van der Waals surface area contributed by atoms with Crippen LogP contribution in [0.15, 0.2) is 34.6 Å².